The van der Waals surface area contributed by atoms with Gasteiger partial charge in [-0.15, -0.1) is 0 Å². The number of alkyl halides is 3. The molecule has 3 N–H and O–H groups in total. The van der Waals surface area contributed by atoms with Gasteiger partial charge < -0.3 is 20.9 Å². The van der Waals surface area contributed by atoms with Crippen LogP contribution in [0, 0.1) is 29.1 Å². The zero-order valence-corrected chi connectivity index (χ0v) is 19.5. The van der Waals surface area contributed by atoms with Crippen LogP contribution in [0.3, 0.4) is 0 Å². The molecule has 4 amide bonds. The van der Waals surface area contributed by atoms with E-state index in [9.17, 15) is 37.6 Å². The zero-order chi connectivity index (χ0) is 25.5. The molecule has 9 nitrogen and oxygen atoms in total. The quantitative estimate of drug-likeness (QED) is 0.435. The minimum absolute atomic E-state index is 0.0700. The van der Waals surface area contributed by atoms with Gasteiger partial charge in [-0.2, -0.15) is 18.4 Å². The lowest BCUT2D eigenvalue weighted by Gasteiger charge is -2.33. The Balaban J connectivity index is 3.02. The van der Waals surface area contributed by atoms with Crippen LogP contribution >= 0.6 is 0 Å². The highest BCUT2D eigenvalue weighted by Crippen LogP contribution is 2.20. The molecule has 0 aliphatic carbocycles. The van der Waals surface area contributed by atoms with Crippen LogP contribution in [0.2, 0.25) is 0 Å². The molecule has 0 saturated carbocycles. The van der Waals surface area contributed by atoms with Crippen LogP contribution in [0.4, 0.5) is 13.2 Å². The van der Waals surface area contributed by atoms with Crippen molar-refractivity contribution in [1.29, 1.82) is 5.26 Å². The Hall–Kier alpha value is -2.84. The van der Waals surface area contributed by atoms with Crippen molar-refractivity contribution >= 4 is 23.6 Å². The number of carbonyl (C=O) groups excluding carboxylic acids is 4. The minimum atomic E-state index is -5.16. The molecule has 0 bridgehead atoms. The van der Waals surface area contributed by atoms with Crippen molar-refractivity contribution in [2.45, 2.75) is 71.3 Å². The summed E-state index contributed by atoms with van der Waals surface area (Å²) < 4.78 is 38.1. The van der Waals surface area contributed by atoms with E-state index in [2.05, 4.69) is 10.6 Å². The Morgan fingerprint density at radius 3 is 2.24 bits per heavy atom. The maximum absolute atomic E-state index is 13.0. The van der Waals surface area contributed by atoms with Crippen molar-refractivity contribution in [3.8, 4) is 6.07 Å². The number of amides is 4. The number of halogens is 3. The monoisotopic (exact) mass is 475 g/mol. The highest BCUT2D eigenvalue weighted by atomic mass is 19.4. The van der Waals surface area contributed by atoms with Crippen LogP contribution in [0.25, 0.3) is 0 Å². The number of nitriles is 1. The van der Waals surface area contributed by atoms with E-state index in [1.54, 1.807) is 19.2 Å². The lowest BCUT2D eigenvalue weighted by molar-refractivity contribution is -0.175. The normalized spacial score (nSPS) is 18.8. The molecule has 1 aliphatic heterocycles. The highest BCUT2D eigenvalue weighted by Gasteiger charge is 2.43. The van der Waals surface area contributed by atoms with E-state index < -0.39 is 53.9 Å². The molecular weight excluding hydrogens is 443 g/mol. The molecule has 1 heterocycles. The van der Waals surface area contributed by atoms with E-state index in [1.165, 1.54) is 20.9 Å². The lowest BCUT2D eigenvalue weighted by atomic mass is 9.96. The summed E-state index contributed by atoms with van der Waals surface area (Å²) >= 11 is 0. The van der Waals surface area contributed by atoms with Gasteiger partial charge in [-0.05, 0) is 31.1 Å². The molecule has 4 atom stereocenters. The second-order valence-corrected chi connectivity index (χ2v) is 8.99. The van der Waals surface area contributed by atoms with Crippen LogP contribution < -0.4 is 16.0 Å². The van der Waals surface area contributed by atoms with Gasteiger partial charge in [0.25, 0.3) is 0 Å². The molecule has 12 heteroatoms. The predicted octanol–water partition coefficient (Wildman–Crippen LogP) is 1.10. The Morgan fingerprint density at radius 2 is 1.82 bits per heavy atom. The summed E-state index contributed by atoms with van der Waals surface area (Å²) in [4.78, 5) is 50.2. The molecule has 186 valence electrons. The smallest absolute Gasteiger partial charge is 0.356 e. The standard InChI is InChI=1S/C21H32F3N5O4/c1-11(2)8-15(18(31)27-14(10-25)9-13-6-7-26-17(13)30)29(5)19(32)16(12(3)4)28-20(33)21(22,23)24/h11-16H,6-9H2,1-5H3,(H,26,30)(H,27,31)(H,28,33)/t13-,14-,15-,16-/m0/s1. The van der Waals surface area contributed by atoms with Crippen LogP contribution in [-0.4, -0.2) is 66.4 Å². The molecule has 0 spiro atoms. The zero-order valence-electron chi connectivity index (χ0n) is 19.5. The van der Waals surface area contributed by atoms with Gasteiger partial charge in [0.1, 0.15) is 18.1 Å². The van der Waals surface area contributed by atoms with E-state index in [1.807, 2.05) is 6.07 Å². The molecule has 33 heavy (non-hydrogen) atoms. The van der Waals surface area contributed by atoms with E-state index in [0.29, 0.717) is 13.0 Å². The summed E-state index contributed by atoms with van der Waals surface area (Å²) in [5.74, 6) is -5.12. The van der Waals surface area contributed by atoms with Gasteiger partial charge >= 0.3 is 12.1 Å². The highest BCUT2D eigenvalue weighted by molar-refractivity contribution is 5.93. The summed E-state index contributed by atoms with van der Waals surface area (Å²) in [6.07, 6.45) is -4.34. The molecule has 0 radical (unpaired) electrons. The number of hydrogen-bond acceptors (Lipinski definition) is 5. The summed E-state index contributed by atoms with van der Waals surface area (Å²) in [6.45, 7) is 7.04. The fraction of sp³-hybridized carbons (Fsp3) is 0.762. The summed E-state index contributed by atoms with van der Waals surface area (Å²) in [5.41, 5.74) is 0. The predicted molar refractivity (Wildman–Crippen MR) is 112 cm³/mol. The second-order valence-electron chi connectivity index (χ2n) is 8.99. The van der Waals surface area contributed by atoms with Crippen LogP contribution in [-0.2, 0) is 19.2 Å². The molecule has 1 fully saturated rings. The maximum atomic E-state index is 13.0. The maximum Gasteiger partial charge on any atom is 0.471 e. The fourth-order valence-electron chi connectivity index (χ4n) is 3.56. The Morgan fingerprint density at radius 1 is 1.21 bits per heavy atom. The first-order chi connectivity index (χ1) is 15.2. The first-order valence-corrected chi connectivity index (χ1v) is 10.8. The Bertz CT molecular complexity index is 779. The van der Waals surface area contributed by atoms with Crippen molar-refractivity contribution in [1.82, 2.24) is 20.9 Å². The van der Waals surface area contributed by atoms with E-state index in [-0.39, 0.29) is 24.7 Å². The summed E-state index contributed by atoms with van der Waals surface area (Å²) in [6, 6.07) is -1.62. The van der Waals surface area contributed by atoms with Crippen molar-refractivity contribution in [2.75, 3.05) is 13.6 Å². The van der Waals surface area contributed by atoms with Crippen molar-refractivity contribution in [3.63, 3.8) is 0 Å². The number of carbonyl (C=O) groups is 4. The van der Waals surface area contributed by atoms with Crippen LogP contribution in [0.15, 0.2) is 0 Å². The van der Waals surface area contributed by atoms with Crippen LogP contribution in [0.5, 0.6) is 0 Å². The molecular formula is C21H32F3N5O4. The third kappa shape index (κ3) is 8.22. The Kier molecular flexibility index (Phi) is 10.1. The van der Waals surface area contributed by atoms with Gasteiger partial charge in [-0.25, -0.2) is 0 Å². The number of nitrogens with one attached hydrogen (secondary N) is 3. The van der Waals surface area contributed by atoms with E-state index in [4.69, 9.17) is 0 Å². The molecule has 1 rings (SSSR count). The summed E-state index contributed by atoms with van der Waals surface area (Å²) in [5, 5.41) is 16.3. The van der Waals surface area contributed by atoms with Gasteiger partial charge in [0.15, 0.2) is 0 Å². The molecule has 0 aromatic rings. The summed E-state index contributed by atoms with van der Waals surface area (Å²) in [7, 11) is 1.27. The van der Waals surface area contributed by atoms with E-state index >= 15 is 0 Å². The molecule has 0 unspecified atom stereocenters. The third-order valence-corrected chi connectivity index (χ3v) is 5.44. The van der Waals surface area contributed by atoms with Crippen LogP contribution in [0.1, 0.15) is 47.0 Å². The van der Waals surface area contributed by atoms with Gasteiger partial charge in [-0.1, -0.05) is 27.7 Å². The lowest BCUT2D eigenvalue weighted by Crippen LogP contribution is -2.58. The second kappa shape index (κ2) is 11.9. The average Bonchev–Trinajstić information content (AvgIpc) is 3.11. The largest absolute Gasteiger partial charge is 0.471 e. The van der Waals surface area contributed by atoms with Crippen molar-refractivity contribution in [2.24, 2.45) is 17.8 Å². The van der Waals surface area contributed by atoms with Crippen molar-refractivity contribution < 1.29 is 32.3 Å². The average molecular weight is 476 g/mol. The van der Waals surface area contributed by atoms with Gasteiger partial charge in [0.05, 0.1) is 6.07 Å². The molecule has 1 aliphatic rings. The minimum Gasteiger partial charge on any atom is -0.356 e. The van der Waals surface area contributed by atoms with Crippen molar-refractivity contribution in [3.05, 3.63) is 0 Å². The number of likely N-dealkylation sites (N-methyl/N-ethyl adjacent to an activating group) is 1. The fourth-order valence-corrected chi connectivity index (χ4v) is 3.56. The molecule has 0 aromatic heterocycles. The van der Waals surface area contributed by atoms with Gasteiger partial charge in [-0.3, -0.25) is 19.2 Å². The first-order valence-electron chi connectivity index (χ1n) is 10.8. The van der Waals surface area contributed by atoms with Gasteiger partial charge in [0, 0.05) is 19.5 Å². The Labute approximate surface area is 191 Å². The van der Waals surface area contributed by atoms with E-state index in [0.717, 1.165) is 4.90 Å². The SMILES string of the molecule is CC(C)C[C@@H](C(=O)N[C@H](C#N)C[C@@H]1CCNC1=O)N(C)C(=O)[C@@H](NC(=O)C(F)(F)F)C(C)C. The number of nitrogens with zero attached hydrogens (tertiary/aromatic N) is 2. The molecule has 0 aromatic carbocycles. The third-order valence-electron chi connectivity index (χ3n) is 5.44. The topological polar surface area (TPSA) is 131 Å². The molecule has 1 saturated heterocycles. The first kappa shape index (κ1) is 28.2. The number of hydrogen-bond donors (Lipinski definition) is 3. The van der Waals surface area contributed by atoms with Gasteiger partial charge in [0.2, 0.25) is 17.7 Å². The number of rotatable bonds is 10.